The van der Waals surface area contributed by atoms with E-state index in [4.69, 9.17) is 0 Å². The summed E-state index contributed by atoms with van der Waals surface area (Å²) in [6, 6.07) is 0. The van der Waals surface area contributed by atoms with E-state index < -0.39 is 0 Å². The first-order chi connectivity index (χ1) is 0. The number of rotatable bonds is 0. The minimum Gasteiger partial charge on any atom is 0 e. The van der Waals surface area contributed by atoms with Crippen molar-refractivity contribution >= 4 is 142 Å². The van der Waals surface area contributed by atoms with E-state index in [-0.39, 0.29) is 178 Å². The first-order valence-corrected chi connectivity index (χ1v) is 0. The summed E-state index contributed by atoms with van der Waals surface area (Å²) in [6.07, 6.45) is 0. The zero-order valence-electron chi connectivity index (χ0n) is 4.47. The molecule has 0 saturated heterocycles. The van der Waals surface area contributed by atoms with Crippen LogP contribution in [0.4, 0.5) is 0 Å². The average molecular weight is 248 g/mol. The van der Waals surface area contributed by atoms with Crippen molar-refractivity contribution in [2.75, 3.05) is 0 Å². The Morgan fingerprint density at radius 2 is 1.00 bits per heavy atom. The van der Waals surface area contributed by atoms with Crippen LogP contribution in [0.25, 0.3) is 0 Å². The monoisotopic (exact) mass is 246 g/mol. The van der Waals surface area contributed by atoms with Crippen LogP contribution in [-0.4, -0.2) is 142 Å². The molecule has 0 heterocycles. The molecule has 0 atom stereocenters. The van der Waals surface area contributed by atoms with Crippen LogP contribution in [0.2, 0.25) is 0 Å². The predicted octanol–water partition coefficient (Wildman–Crippen LogP) is -1.53. The van der Waals surface area contributed by atoms with Crippen LogP contribution in [0.5, 0.6) is 0 Å². The minimum atomic E-state index is 0. The molecule has 0 bridgehead atoms. The Labute approximate surface area is 173 Å². The Bertz CT molecular complexity index is 15.5. The topological polar surface area (TPSA) is 0 Å². The Morgan fingerprint density at radius 3 is 1.00 bits per heavy atom. The molecule has 0 spiro atoms. The molecule has 6 heteroatoms. The van der Waals surface area contributed by atoms with Crippen molar-refractivity contribution < 1.29 is 36.5 Å². The fraction of sp³-hybridized carbons (Fsp3) is 0. The van der Waals surface area contributed by atoms with Crippen LogP contribution in [-0.2, 0) is 36.5 Å². The molecule has 0 unspecified atom stereocenters. The quantitative estimate of drug-likeness (QED) is 0.456. The normalized spacial score (nSPS) is 0. The van der Waals surface area contributed by atoms with Gasteiger partial charge in [0.1, 0.15) is 0 Å². The van der Waals surface area contributed by atoms with E-state index in [1.807, 2.05) is 0 Å². The zero-order chi connectivity index (χ0) is 0. The molecule has 0 fully saturated rings. The van der Waals surface area contributed by atoms with Crippen molar-refractivity contribution in [2.45, 2.75) is 0 Å². The Morgan fingerprint density at radius 1 is 1.00 bits per heavy atom. The second kappa shape index (κ2) is 30.8. The van der Waals surface area contributed by atoms with Crippen LogP contribution < -0.4 is 0 Å². The first-order valence-electron chi connectivity index (χ1n) is 0. The molecule has 0 aromatic carbocycles. The Balaban J connectivity index is 0. The third kappa shape index (κ3) is 22.6. The molecular weight excluding hydrogens is 248 g/mol. The fourth-order valence-electron chi connectivity index (χ4n) is 0. The Hall–Kier alpha value is 5.81. The van der Waals surface area contributed by atoms with Crippen LogP contribution in [0.3, 0.4) is 0 Å². The van der Waals surface area contributed by atoms with Crippen molar-refractivity contribution in [3.63, 3.8) is 0 Å². The summed E-state index contributed by atoms with van der Waals surface area (Å²) in [7, 11) is 0. The van der Waals surface area contributed by atoms with Gasteiger partial charge in [-0.1, -0.05) is 0 Å². The van der Waals surface area contributed by atoms with Gasteiger partial charge in [0.2, 0.25) is 0 Å². The zero-order valence-corrected chi connectivity index (χ0v) is 17.3. The van der Waals surface area contributed by atoms with Gasteiger partial charge in [0.05, 0.1) is 0 Å². The van der Waals surface area contributed by atoms with Gasteiger partial charge in [0, 0.05) is 178 Å². The van der Waals surface area contributed by atoms with Crippen LogP contribution >= 0.6 is 0 Å². The molecule has 0 N–H and O–H groups in total. The van der Waals surface area contributed by atoms with Crippen LogP contribution in [0.1, 0.15) is 0 Å². The van der Waals surface area contributed by atoms with Gasteiger partial charge in [-0.15, -0.1) is 0 Å². The van der Waals surface area contributed by atoms with Crippen molar-refractivity contribution in [1.82, 2.24) is 0 Å². The molecule has 6 heavy (non-hydrogen) atoms. The van der Waals surface area contributed by atoms with E-state index in [0.717, 1.165) is 0 Å². The molecule has 0 amide bonds. The maximum Gasteiger partial charge on any atom is 0 e. The molecule has 0 aromatic heterocycles. The number of hydrogen-bond donors (Lipinski definition) is 0. The van der Waals surface area contributed by atoms with Crippen LogP contribution in [0, 0.1) is 0 Å². The van der Waals surface area contributed by atoms with E-state index in [9.17, 15) is 0 Å². The van der Waals surface area contributed by atoms with Gasteiger partial charge in [-0.05, 0) is 0 Å². The summed E-state index contributed by atoms with van der Waals surface area (Å²) in [5.74, 6) is 0. The Kier molecular flexibility index (Phi) is 210. The summed E-state index contributed by atoms with van der Waals surface area (Å²) < 4.78 is 0. The molecule has 0 aliphatic rings. The molecule has 6 radical (unpaired) electrons. The smallest absolute Gasteiger partial charge is 0 e. The second-order valence-corrected chi connectivity index (χ2v) is 0. The van der Waals surface area contributed by atoms with E-state index in [2.05, 4.69) is 0 Å². The van der Waals surface area contributed by atoms with E-state index >= 15 is 0 Å². The molecule has 0 nitrogen and oxygen atoms in total. The van der Waals surface area contributed by atoms with Gasteiger partial charge in [0.15, 0.2) is 0 Å². The second-order valence-electron chi connectivity index (χ2n) is 0. The van der Waals surface area contributed by atoms with Gasteiger partial charge in [-0.2, -0.15) is 0 Å². The summed E-state index contributed by atoms with van der Waals surface area (Å²) in [6.45, 7) is 0. The summed E-state index contributed by atoms with van der Waals surface area (Å²) in [5.41, 5.74) is 0. The van der Waals surface area contributed by atoms with Crippen LogP contribution in [0.15, 0.2) is 0 Å². The van der Waals surface area contributed by atoms with Gasteiger partial charge in [0.25, 0.3) is 0 Å². The standard InChI is InChI=1S/Ca.Fe.K.Mg.Na.Zn. The molecule has 0 aromatic rings. The van der Waals surface area contributed by atoms with Gasteiger partial charge in [-0.25, -0.2) is 0 Å². The largest absolute Gasteiger partial charge is 0 e. The van der Waals surface area contributed by atoms with Crippen molar-refractivity contribution in [3.8, 4) is 0 Å². The molecule has 0 aliphatic carbocycles. The van der Waals surface area contributed by atoms with Crippen molar-refractivity contribution in [2.24, 2.45) is 0 Å². The van der Waals surface area contributed by atoms with Crippen molar-refractivity contribution in [1.29, 1.82) is 0 Å². The molecule has 0 rings (SSSR count). The van der Waals surface area contributed by atoms with E-state index in [1.54, 1.807) is 0 Å². The molecular formula is CaFeKMgNaZn. The molecule has 0 aliphatic heterocycles. The minimum absolute atomic E-state index is 0. The third-order valence-electron chi connectivity index (χ3n) is 0. The summed E-state index contributed by atoms with van der Waals surface area (Å²) in [4.78, 5) is 0. The predicted molar refractivity (Wildman–Crippen MR) is 23.0 cm³/mol. The van der Waals surface area contributed by atoms with Crippen molar-refractivity contribution in [3.05, 3.63) is 0 Å². The molecule has 0 saturated carbocycles. The summed E-state index contributed by atoms with van der Waals surface area (Å²) in [5, 5.41) is 0. The fourth-order valence-corrected chi connectivity index (χ4v) is 0. The maximum absolute atomic E-state index is 0. The van der Waals surface area contributed by atoms with Gasteiger partial charge in [-0.3, -0.25) is 0 Å². The number of hydrogen-bond acceptors (Lipinski definition) is 0. The molecule has 16 valence electrons. The van der Waals surface area contributed by atoms with Gasteiger partial charge >= 0.3 is 0 Å². The summed E-state index contributed by atoms with van der Waals surface area (Å²) >= 11 is 0. The average Bonchev–Trinajstić information content (AvgIpc) is 0. The maximum atomic E-state index is 0. The van der Waals surface area contributed by atoms with E-state index in [1.165, 1.54) is 0 Å². The third-order valence-corrected chi connectivity index (χ3v) is 0. The van der Waals surface area contributed by atoms with Gasteiger partial charge < -0.3 is 0 Å². The van der Waals surface area contributed by atoms with E-state index in [0.29, 0.717) is 0 Å². The first kappa shape index (κ1) is 40.9. The SMILES string of the molecule is [Ca].[Fe].[K].[Mg].[Na].[Zn].